The Morgan fingerprint density at radius 1 is 0.923 bits per heavy atom. The van der Waals surface area contributed by atoms with Crippen molar-refractivity contribution in [3.05, 3.63) is 101 Å². The van der Waals surface area contributed by atoms with Gasteiger partial charge >= 0.3 is 0 Å². The quantitative estimate of drug-likeness (QED) is 0.628. The molecule has 0 spiro atoms. The molecule has 4 rings (SSSR count). The molecule has 0 saturated heterocycles. The van der Waals surface area contributed by atoms with Crippen molar-refractivity contribution in [2.75, 3.05) is 13.7 Å². The lowest BCUT2D eigenvalue weighted by atomic mass is 9.86. The summed E-state index contributed by atoms with van der Waals surface area (Å²) in [5, 5.41) is 0. The van der Waals surface area contributed by atoms with Gasteiger partial charge in [0.05, 0.1) is 13.2 Å². The molecule has 0 saturated carbocycles. The molecule has 0 amide bonds. The van der Waals surface area contributed by atoms with Crippen LogP contribution in [0.1, 0.15) is 41.3 Å². The molecule has 1 aliphatic heterocycles. The van der Waals surface area contributed by atoms with Crippen molar-refractivity contribution in [3.8, 4) is 5.75 Å². The molecule has 1 aliphatic rings. The molecular weight excluding hydrogens is 318 g/mol. The van der Waals surface area contributed by atoms with Gasteiger partial charge in [-0.2, -0.15) is 0 Å². The van der Waals surface area contributed by atoms with E-state index in [4.69, 9.17) is 4.74 Å². The van der Waals surface area contributed by atoms with E-state index in [0.29, 0.717) is 6.04 Å². The summed E-state index contributed by atoms with van der Waals surface area (Å²) in [6.07, 6.45) is 1.09. The monoisotopic (exact) mass is 343 g/mol. The number of hydrogen-bond acceptors (Lipinski definition) is 2. The summed E-state index contributed by atoms with van der Waals surface area (Å²) in [5.41, 5.74) is 5.52. The number of fused-ring (bicyclic) bond motifs is 1. The van der Waals surface area contributed by atoms with Crippen LogP contribution in [0.25, 0.3) is 0 Å². The summed E-state index contributed by atoms with van der Waals surface area (Å²) in [6, 6.07) is 28.8. The standard InChI is InChI=1S/C24H25NO/c1-18(19-9-4-3-5-10-19)25-16-15-20-11-6-7-14-23(20)24(25)21-12-8-13-22(17-21)26-2/h3-14,17-18,24H,15-16H2,1-2H3/t18-,24+/m1/s1. The van der Waals surface area contributed by atoms with E-state index in [1.165, 1.54) is 22.3 Å². The maximum Gasteiger partial charge on any atom is 0.119 e. The van der Waals surface area contributed by atoms with Crippen LogP contribution in [-0.2, 0) is 6.42 Å². The molecule has 3 aromatic carbocycles. The Bertz CT molecular complexity index is 874. The molecule has 0 N–H and O–H groups in total. The third kappa shape index (κ3) is 3.13. The molecule has 0 aromatic heterocycles. The van der Waals surface area contributed by atoms with Crippen LogP contribution in [0.3, 0.4) is 0 Å². The fourth-order valence-corrected chi connectivity index (χ4v) is 4.11. The average Bonchev–Trinajstić information content (AvgIpc) is 2.73. The van der Waals surface area contributed by atoms with Gasteiger partial charge in [0.1, 0.15) is 5.75 Å². The predicted molar refractivity (Wildman–Crippen MR) is 107 cm³/mol. The molecule has 1 heterocycles. The molecule has 0 fully saturated rings. The van der Waals surface area contributed by atoms with Crippen molar-refractivity contribution in [2.24, 2.45) is 0 Å². The van der Waals surface area contributed by atoms with Gasteiger partial charge in [-0.05, 0) is 47.7 Å². The Kier molecular flexibility index (Phi) is 4.77. The van der Waals surface area contributed by atoms with Crippen LogP contribution < -0.4 is 4.74 Å². The van der Waals surface area contributed by atoms with Crippen molar-refractivity contribution in [1.82, 2.24) is 4.90 Å². The first kappa shape index (κ1) is 16.9. The topological polar surface area (TPSA) is 12.5 Å². The second kappa shape index (κ2) is 7.35. The van der Waals surface area contributed by atoms with E-state index in [9.17, 15) is 0 Å². The van der Waals surface area contributed by atoms with Gasteiger partial charge in [-0.3, -0.25) is 4.90 Å². The Hall–Kier alpha value is -2.58. The number of hydrogen-bond donors (Lipinski definition) is 0. The number of nitrogens with zero attached hydrogens (tertiary/aromatic N) is 1. The number of methoxy groups -OCH3 is 1. The van der Waals surface area contributed by atoms with Crippen molar-refractivity contribution in [3.63, 3.8) is 0 Å². The minimum atomic E-state index is 0.241. The number of rotatable bonds is 4. The van der Waals surface area contributed by atoms with Gasteiger partial charge in [0.2, 0.25) is 0 Å². The highest BCUT2D eigenvalue weighted by molar-refractivity contribution is 5.42. The number of benzene rings is 3. The molecule has 3 aromatic rings. The zero-order chi connectivity index (χ0) is 17.9. The Labute approximate surface area is 156 Å². The minimum absolute atomic E-state index is 0.241. The van der Waals surface area contributed by atoms with Crippen LogP contribution in [0.5, 0.6) is 5.75 Å². The van der Waals surface area contributed by atoms with E-state index in [1.807, 2.05) is 6.07 Å². The predicted octanol–water partition coefficient (Wildman–Crippen LogP) is 5.40. The van der Waals surface area contributed by atoms with Crippen molar-refractivity contribution < 1.29 is 4.74 Å². The Morgan fingerprint density at radius 3 is 2.50 bits per heavy atom. The normalized spacial score (nSPS) is 18.2. The molecule has 2 nitrogen and oxygen atoms in total. The van der Waals surface area contributed by atoms with Crippen LogP contribution in [0.4, 0.5) is 0 Å². The van der Waals surface area contributed by atoms with E-state index in [2.05, 4.69) is 84.6 Å². The summed E-state index contributed by atoms with van der Waals surface area (Å²) < 4.78 is 5.50. The Balaban J connectivity index is 1.80. The highest BCUT2D eigenvalue weighted by Gasteiger charge is 2.32. The average molecular weight is 343 g/mol. The van der Waals surface area contributed by atoms with Gasteiger partial charge in [-0.1, -0.05) is 66.7 Å². The van der Waals surface area contributed by atoms with Crippen LogP contribution >= 0.6 is 0 Å². The van der Waals surface area contributed by atoms with E-state index in [0.717, 1.165) is 18.7 Å². The zero-order valence-corrected chi connectivity index (χ0v) is 15.4. The lowest BCUT2D eigenvalue weighted by molar-refractivity contribution is 0.157. The van der Waals surface area contributed by atoms with Crippen LogP contribution in [0.15, 0.2) is 78.9 Å². The van der Waals surface area contributed by atoms with Gasteiger partial charge in [0, 0.05) is 12.6 Å². The summed E-state index contributed by atoms with van der Waals surface area (Å²) in [4.78, 5) is 2.62. The summed E-state index contributed by atoms with van der Waals surface area (Å²) in [7, 11) is 1.73. The molecule has 132 valence electrons. The van der Waals surface area contributed by atoms with Crippen molar-refractivity contribution >= 4 is 0 Å². The highest BCUT2D eigenvalue weighted by atomic mass is 16.5. The molecule has 0 unspecified atom stereocenters. The van der Waals surface area contributed by atoms with Gasteiger partial charge in [-0.15, -0.1) is 0 Å². The lowest BCUT2D eigenvalue weighted by Gasteiger charge is -2.41. The van der Waals surface area contributed by atoms with Crippen molar-refractivity contribution in [1.29, 1.82) is 0 Å². The molecule has 2 heteroatoms. The molecule has 0 radical (unpaired) electrons. The maximum atomic E-state index is 5.50. The molecule has 0 bridgehead atoms. The van der Waals surface area contributed by atoms with E-state index < -0.39 is 0 Å². The van der Waals surface area contributed by atoms with Gasteiger partial charge in [0.25, 0.3) is 0 Å². The van der Waals surface area contributed by atoms with Crippen molar-refractivity contribution in [2.45, 2.75) is 25.4 Å². The molecule has 26 heavy (non-hydrogen) atoms. The van der Waals surface area contributed by atoms with Crippen LogP contribution in [0.2, 0.25) is 0 Å². The Morgan fingerprint density at radius 2 is 1.69 bits per heavy atom. The SMILES string of the molecule is COc1cccc([C@H]2c3ccccc3CCN2[C@H](C)c2ccccc2)c1. The third-order valence-electron chi connectivity index (χ3n) is 5.51. The lowest BCUT2D eigenvalue weighted by Crippen LogP contribution is -2.38. The molecule has 2 atom stereocenters. The summed E-state index contributed by atoms with van der Waals surface area (Å²) in [6.45, 7) is 3.37. The molecule has 0 aliphatic carbocycles. The summed E-state index contributed by atoms with van der Waals surface area (Å²) >= 11 is 0. The summed E-state index contributed by atoms with van der Waals surface area (Å²) in [5.74, 6) is 0.915. The van der Waals surface area contributed by atoms with Gasteiger partial charge in [0.15, 0.2) is 0 Å². The zero-order valence-electron chi connectivity index (χ0n) is 15.4. The fraction of sp³-hybridized carbons (Fsp3) is 0.250. The van der Waals surface area contributed by atoms with E-state index in [-0.39, 0.29) is 6.04 Å². The minimum Gasteiger partial charge on any atom is -0.497 e. The third-order valence-corrected chi connectivity index (χ3v) is 5.51. The van der Waals surface area contributed by atoms with Gasteiger partial charge in [-0.25, -0.2) is 0 Å². The second-order valence-corrected chi connectivity index (χ2v) is 6.95. The highest BCUT2D eigenvalue weighted by Crippen LogP contribution is 2.40. The number of ether oxygens (including phenoxy) is 1. The maximum absolute atomic E-state index is 5.50. The largest absolute Gasteiger partial charge is 0.497 e. The smallest absolute Gasteiger partial charge is 0.119 e. The fourth-order valence-electron chi connectivity index (χ4n) is 4.11. The van der Waals surface area contributed by atoms with Gasteiger partial charge < -0.3 is 4.74 Å². The first-order chi connectivity index (χ1) is 12.8. The van der Waals surface area contributed by atoms with E-state index >= 15 is 0 Å². The first-order valence-electron chi connectivity index (χ1n) is 9.30. The van der Waals surface area contributed by atoms with E-state index in [1.54, 1.807) is 7.11 Å². The van der Waals surface area contributed by atoms with Crippen LogP contribution in [0, 0.1) is 0 Å². The first-order valence-corrected chi connectivity index (χ1v) is 9.30. The van der Waals surface area contributed by atoms with Crippen LogP contribution in [-0.4, -0.2) is 18.6 Å². The molecular formula is C24H25NO. The second-order valence-electron chi connectivity index (χ2n) is 6.95.